The summed E-state index contributed by atoms with van der Waals surface area (Å²) >= 11 is 0. The van der Waals surface area contributed by atoms with Crippen LogP contribution in [-0.2, 0) is 0 Å². The number of hydrogen-bond donors (Lipinski definition) is 2. The Labute approximate surface area is 146 Å². The molecule has 2 aliphatic rings. The lowest BCUT2D eigenvalue weighted by Gasteiger charge is -2.32. The quantitative estimate of drug-likeness (QED) is 0.761. The van der Waals surface area contributed by atoms with Crippen LogP contribution in [-0.4, -0.2) is 72.1 Å². The Hall–Kier alpha value is -1.40. The van der Waals surface area contributed by atoms with Crippen molar-refractivity contribution in [1.82, 2.24) is 19.8 Å². The summed E-state index contributed by atoms with van der Waals surface area (Å²) < 4.78 is 0. The van der Waals surface area contributed by atoms with Gasteiger partial charge < -0.3 is 15.5 Å². The summed E-state index contributed by atoms with van der Waals surface area (Å²) in [5.41, 5.74) is 1.19. The zero-order chi connectivity index (χ0) is 16.9. The van der Waals surface area contributed by atoms with Crippen molar-refractivity contribution in [2.24, 2.45) is 0 Å². The first-order valence-corrected chi connectivity index (χ1v) is 9.44. The van der Waals surface area contributed by atoms with Gasteiger partial charge in [-0.1, -0.05) is 6.92 Å². The van der Waals surface area contributed by atoms with E-state index in [-0.39, 0.29) is 0 Å². The van der Waals surface area contributed by atoms with Crippen LogP contribution in [0.15, 0.2) is 6.07 Å². The van der Waals surface area contributed by atoms with Crippen LogP contribution >= 0.6 is 0 Å². The van der Waals surface area contributed by atoms with Crippen molar-refractivity contribution in [3.05, 3.63) is 11.8 Å². The highest BCUT2D eigenvalue weighted by molar-refractivity contribution is 5.44. The van der Waals surface area contributed by atoms with Gasteiger partial charge in [-0.15, -0.1) is 0 Å². The zero-order valence-corrected chi connectivity index (χ0v) is 15.4. The molecule has 1 saturated heterocycles. The van der Waals surface area contributed by atoms with Gasteiger partial charge in [-0.05, 0) is 33.2 Å². The van der Waals surface area contributed by atoms with Gasteiger partial charge >= 0.3 is 0 Å². The fourth-order valence-electron chi connectivity index (χ4n) is 2.95. The molecule has 1 aliphatic heterocycles. The number of hydrogen-bond acceptors (Lipinski definition) is 6. The minimum Gasteiger partial charge on any atom is -0.369 e. The molecule has 0 spiro atoms. The normalized spacial score (nSPS) is 20.8. The maximum atomic E-state index is 4.71. The molecule has 6 nitrogen and oxygen atoms in total. The summed E-state index contributed by atoms with van der Waals surface area (Å²) in [4.78, 5) is 14.3. The summed E-state index contributed by atoms with van der Waals surface area (Å²) in [5.74, 6) is 2.38. The van der Waals surface area contributed by atoms with Crippen LogP contribution < -0.4 is 10.6 Å². The Kier molecular flexibility index (Phi) is 5.89. The number of nitrogens with one attached hydrogen (secondary N) is 2. The highest BCUT2D eigenvalue weighted by atomic mass is 15.3. The van der Waals surface area contributed by atoms with E-state index in [9.17, 15) is 0 Å². The van der Waals surface area contributed by atoms with Gasteiger partial charge in [-0.25, -0.2) is 4.98 Å². The molecule has 0 bridgehead atoms. The molecule has 0 amide bonds. The summed E-state index contributed by atoms with van der Waals surface area (Å²) in [6.45, 7) is 11.0. The molecule has 2 N–H and O–H groups in total. The minimum absolute atomic E-state index is 0.401. The fraction of sp³-hybridized carbons (Fsp3) is 0.778. The van der Waals surface area contributed by atoms with E-state index in [1.54, 1.807) is 0 Å². The van der Waals surface area contributed by atoms with Crippen LogP contribution in [0.2, 0.25) is 0 Å². The van der Waals surface area contributed by atoms with E-state index in [1.165, 1.54) is 31.6 Å². The second-order valence-electron chi connectivity index (χ2n) is 7.30. The van der Waals surface area contributed by atoms with Crippen molar-refractivity contribution in [2.45, 2.75) is 45.1 Å². The predicted octanol–water partition coefficient (Wildman–Crippen LogP) is 2.22. The minimum atomic E-state index is 0.401. The molecule has 0 radical (unpaired) electrons. The summed E-state index contributed by atoms with van der Waals surface area (Å²) in [7, 11) is 2.20. The van der Waals surface area contributed by atoms with E-state index >= 15 is 0 Å². The lowest BCUT2D eigenvalue weighted by molar-refractivity contribution is 0.158. The zero-order valence-electron chi connectivity index (χ0n) is 15.4. The van der Waals surface area contributed by atoms with Crippen LogP contribution in [0.25, 0.3) is 0 Å². The standard InChI is InChI=1S/C18H32N6/c1-4-14(2)20-18-21-16(15-5-6-15)13-17(22-18)19-7-8-24-11-9-23(3)10-12-24/h13-15H,4-12H2,1-3H3,(H2,19,20,21,22)/t14-/m1/s1. The van der Waals surface area contributed by atoms with Crippen molar-refractivity contribution in [1.29, 1.82) is 0 Å². The number of likely N-dealkylation sites (N-methyl/N-ethyl adjacent to an activating group) is 1. The summed E-state index contributed by atoms with van der Waals surface area (Å²) in [5, 5.41) is 6.93. The molecule has 24 heavy (non-hydrogen) atoms. The molecule has 0 aromatic carbocycles. The molecule has 1 aromatic heterocycles. The average molecular weight is 332 g/mol. The lowest BCUT2D eigenvalue weighted by Crippen LogP contribution is -2.45. The smallest absolute Gasteiger partial charge is 0.225 e. The lowest BCUT2D eigenvalue weighted by atomic mass is 10.2. The predicted molar refractivity (Wildman–Crippen MR) is 99.8 cm³/mol. The topological polar surface area (TPSA) is 56.3 Å². The summed E-state index contributed by atoms with van der Waals surface area (Å²) in [6, 6.07) is 2.54. The molecule has 1 aromatic rings. The van der Waals surface area contributed by atoms with E-state index in [4.69, 9.17) is 4.98 Å². The third-order valence-electron chi connectivity index (χ3n) is 5.06. The van der Waals surface area contributed by atoms with Crippen LogP contribution in [0.1, 0.15) is 44.7 Å². The fourth-order valence-corrected chi connectivity index (χ4v) is 2.95. The first-order chi connectivity index (χ1) is 11.6. The van der Waals surface area contributed by atoms with Crippen LogP contribution in [0.5, 0.6) is 0 Å². The highest BCUT2D eigenvalue weighted by Gasteiger charge is 2.26. The van der Waals surface area contributed by atoms with E-state index in [1.807, 2.05) is 0 Å². The molecule has 134 valence electrons. The largest absolute Gasteiger partial charge is 0.369 e. The highest BCUT2D eigenvalue weighted by Crippen LogP contribution is 2.39. The van der Waals surface area contributed by atoms with Gasteiger partial charge in [0.1, 0.15) is 5.82 Å². The average Bonchev–Trinajstić information content (AvgIpc) is 3.41. The maximum absolute atomic E-state index is 4.71. The van der Waals surface area contributed by atoms with Gasteiger partial charge in [-0.2, -0.15) is 4.98 Å². The molecule has 2 heterocycles. The first-order valence-electron chi connectivity index (χ1n) is 9.44. The molecule has 6 heteroatoms. The van der Waals surface area contributed by atoms with Crippen molar-refractivity contribution >= 4 is 11.8 Å². The third kappa shape index (κ3) is 5.05. The Morgan fingerprint density at radius 1 is 1.21 bits per heavy atom. The number of piperazine rings is 1. The Morgan fingerprint density at radius 3 is 2.62 bits per heavy atom. The van der Waals surface area contributed by atoms with E-state index in [0.29, 0.717) is 12.0 Å². The molecule has 1 aliphatic carbocycles. The van der Waals surface area contributed by atoms with E-state index < -0.39 is 0 Å². The van der Waals surface area contributed by atoms with E-state index in [0.717, 1.165) is 44.4 Å². The van der Waals surface area contributed by atoms with Gasteiger partial charge in [0, 0.05) is 57.3 Å². The number of rotatable bonds is 8. The van der Waals surface area contributed by atoms with Gasteiger partial charge in [0.15, 0.2) is 0 Å². The molecular formula is C18H32N6. The Morgan fingerprint density at radius 2 is 1.96 bits per heavy atom. The molecular weight excluding hydrogens is 300 g/mol. The van der Waals surface area contributed by atoms with Crippen molar-refractivity contribution < 1.29 is 0 Å². The molecule has 0 unspecified atom stereocenters. The second-order valence-corrected chi connectivity index (χ2v) is 7.30. The van der Waals surface area contributed by atoms with Crippen LogP contribution in [0.4, 0.5) is 11.8 Å². The molecule has 3 rings (SSSR count). The van der Waals surface area contributed by atoms with Gasteiger partial charge in [0.2, 0.25) is 5.95 Å². The SMILES string of the molecule is CC[C@@H](C)Nc1nc(NCCN2CCN(C)CC2)cc(C2CC2)n1. The van der Waals surface area contributed by atoms with Crippen molar-refractivity contribution in [3.63, 3.8) is 0 Å². The Bertz CT molecular complexity index is 522. The van der Waals surface area contributed by atoms with Gasteiger partial charge in [0.25, 0.3) is 0 Å². The Balaban J connectivity index is 1.55. The maximum Gasteiger partial charge on any atom is 0.225 e. The molecule has 1 atom stereocenters. The number of aromatic nitrogens is 2. The summed E-state index contributed by atoms with van der Waals surface area (Å²) in [6.07, 6.45) is 3.60. The van der Waals surface area contributed by atoms with Gasteiger partial charge in [0.05, 0.1) is 5.69 Å². The van der Waals surface area contributed by atoms with E-state index in [2.05, 4.69) is 52.4 Å². The van der Waals surface area contributed by atoms with Crippen molar-refractivity contribution in [2.75, 3.05) is 56.9 Å². The van der Waals surface area contributed by atoms with Crippen LogP contribution in [0.3, 0.4) is 0 Å². The van der Waals surface area contributed by atoms with Gasteiger partial charge in [-0.3, -0.25) is 4.90 Å². The molecule has 1 saturated carbocycles. The number of nitrogens with zero attached hydrogens (tertiary/aromatic N) is 4. The first kappa shape index (κ1) is 17.4. The van der Waals surface area contributed by atoms with Crippen LogP contribution in [0, 0.1) is 0 Å². The third-order valence-corrected chi connectivity index (χ3v) is 5.06. The second kappa shape index (κ2) is 8.12. The van der Waals surface area contributed by atoms with Crippen molar-refractivity contribution in [3.8, 4) is 0 Å². The molecule has 2 fully saturated rings. The monoisotopic (exact) mass is 332 g/mol. The number of anilines is 2.